The second-order valence-electron chi connectivity index (χ2n) is 6.41. The van der Waals surface area contributed by atoms with Gasteiger partial charge in [0.1, 0.15) is 22.7 Å². The third kappa shape index (κ3) is 3.21. The zero-order valence-electron chi connectivity index (χ0n) is 15.6. The summed E-state index contributed by atoms with van der Waals surface area (Å²) in [5.41, 5.74) is 2.46. The van der Waals surface area contributed by atoms with Crippen LogP contribution < -0.4 is 0 Å². The van der Waals surface area contributed by atoms with Gasteiger partial charge in [-0.25, -0.2) is 19.3 Å². The number of fused-ring (bicyclic) bond motifs is 1. The van der Waals surface area contributed by atoms with Crippen molar-refractivity contribution in [3.63, 3.8) is 0 Å². The molecule has 10 heteroatoms. The quantitative estimate of drug-likeness (QED) is 0.384. The highest BCUT2D eigenvalue weighted by Gasteiger charge is 2.21. The normalized spacial score (nSPS) is 11.3. The monoisotopic (exact) mass is 437 g/mol. The lowest BCUT2D eigenvalue weighted by Gasteiger charge is -2.11. The molecule has 5 rings (SSSR count). The minimum Gasteiger partial charge on any atom is -0.318 e. The van der Waals surface area contributed by atoms with Crippen molar-refractivity contribution in [1.82, 2.24) is 34.3 Å². The number of nitrogens with zero attached hydrogens (tertiary/aromatic N) is 7. The molecule has 148 valence electrons. The Labute approximate surface area is 179 Å². The first kappa shape index (κ1) is 18.7. The number of hydrogen-bond acceptors (Lipinski definition) is 6. The molecule has 0 fully saturated rings. The van der Waals surface area contributed by atoms with Gasteiger partial charge >= 0.3 is 0 Å². The van der Waals surface area contributed by atoms with Gasteiger partial charge in [-0.1, -0.05) is 23.7 Å². The van der Waals surface area contributed by atoms with E-state index in [1.54, 1.807) is 41.2 Å². The van der Waals surface area contributed by atoms with E-state index >= 15 is 0 Å². The highest BCUT2D eigenvalue weighted by Crippen LogP contribution is 2.34. The smallest absolute Gasteiger partial charge is 0.202 e. The summed E-state index contributed by atoms with van der Waals surface area (Å²) in [5, 5.41) is 10.3. The molecule has 0 saturated carbocycles. The van der Waals surface area contributed by atoms with Gasteiger partial charge in [-0.05, 0) is 48.2 Å². The standard InChI is InChI=1S/C20H13ClFN7S/c1-28-11-25-16-18(28)23-10-24-19(16)30-20-27-26-17(14-4-2-3-5-15(14)22)29(20)13-8-6-12(21)7-9-13/h2-11H,1H3. The van der Waals surface area contributed by atoms with Crippen molar-refractivity contribution in [2.45, 2.75) is 10.2 Å². The number of rotatable bonds is 4. The molecule has 30 heavy (non-hydrogen) atoms. The van der Waals surface area contributed by atoms with E-state index in [0.29, 0.717) is 37.8 Å². The van der Waals surface area contributed by atoms with Crippen molar-refractivity contribution in [2.75, 3.05) is 0 Å². The number of imidazole rings is 1. The number of hydrogen-bond donors (Lipinski definition) is 0. The van der Waals surface area contributed by atoms with Crippen LogP contribution in [0.4, 0.5) is 4.39 Å². The molecule has 0 atom stereocenters. The maximum Gasteiger partial charge on any atom is 0.202 e. The lowest BCUT2D eigenvalue weighted by atomic mass is 10.2. The van der Waals surface area contributed by atoms with E-state index in [1.807, 2.05) is 23.7 Å². The van der Waals surface area contributed by atoms with Gasteiger partial charge in [-0.3, -0.25) is 4.57 Å². The maximum atomic E-state index is 14.5. The topological polar surface area (TPSA) is 74.3 Å². The zero-order chi connectivity index (χ0) is 20.7. The van der Waals surface area contributed by atoms with Gasteiger partial charge in [0, 0.05) is 17.8 Å². The van der Waals surface area contributed by atoms with Gasteiger partial charge in [0.05, 0.1) is 11.9 Å². The van der Waals surface area contributed by atoms with E-state index in [0.717, 1.165) is 5.69 Å². The zero-order valence-corrected chi connectivity index (χ0v) is 17.1. The molecule has 0 amide bonds. The minimum absolute atomic E-state index is 0.345. The molecule has 0 bridgehead atoms. The highest BCUT2D eigenvalue weighted by molar-refractivity contribution is 7.99. The Morgan fingerprint density at radius 2 is 1.77 bits per heavy atom. The number of halogens is 2. The third-order valence-corrected chi connectivity index (χ3v) is 5.68. The van der Waals surface area contributed by atoms with Crippen molar-refractivity contribution in [2.24, 2.45) is 7.05 Å². The van der Waals surface area contributed by atoms with E-state index in [1.165, 1.54) is 24.2 Å². The summed E-state index contributed by atoms with van der Waals surface area (Å²) in [7, 11) is 1.86. The molecular weight excluding hydrogens is 425 g/mol. The SMILES string of the molecule is Cn1cnc2c(Sc3nnc(-c4ccccc4F)n3-c3ccc(Cl)cc3)ncnc21. The van der Waals surface area contributed by atoms with Gasteiger partial charge in [-0.15, -0.1) is 10.2 Å². The summed E-state index contributed by atoms with van der Waals surface area (Å²) in [6, 6.07) is 13.6. The Morgan fingerprint density at radius 3 is 2.57 bits per heavy atom. The van der Waals surface area contributed by atoms with E-state index < -0.39 is 0 Å². The first-order chi connectivity index (χ1) is 14.6. The fraction of sp³-hybridized carbons (Fsp3) is 0.0500. The molecule has 0 saturated heterocycles. The summed E-state index contributed by atoms with van der Waals surface area (Å²) in [4.78, 5) is 13.0. The molecule has 3 aromatic heterocycles. The lowest BCUT2D eigenvalue weighted by molar-refractivity contribution is 0.629. The van der Waals surface area contributed by atoms with Gasteiger partial charge < -0.3 is 4.57 Å². The lowest BCUT2D eigenvalue weighted by Crippen LogP contribution is -2.01. The van der Waals surface area contributed by atoms with E-state index in [-0.39, 0.29) is 5.82 Å². The molecule has 5 aromatic rings. The largest absolute Gasteiger partial charge is 0.318 e. The average molecular weight is 438 g/mol. The number of aryl methyl sites for hydroxylation is 1. The van der Waals surface area contributed by atoms with Crippen molar-refractivity contribution >= 4 is 34.5 Å². The molecule has 7 nitrogen and oxygen atoms in total. The van der Waals surface area contributed by atoms with E-state index in [2.05, 4.69) is 25.1 Å². The van der Waals surface area contributed by atoms with Crippen LogP contribution in [0.1, 0.15) is 0 Å². The molecule has 0 N–H and O–H groups in total. The molecular formula is C20H13ClFN7S. The van der Waals surface area contributed by atoms with Crippen molar-refractivity contribution in [1.29, 1.82) is 0 Å². The van der Waals surface area contributed by atoms with Crippen LogP contribution >= 0.6 is 23.4 Å². The van der Waals surface area contributed by atoms with Crippen LogP contribution in [0, 0.1) is 5.82 Å². The highest BCUT2D eigenvalue weighted by atomic mass is 35.5. The molecule has 0 unspecified atom stereocenters. The Balaban J connectivity index is 1.68. The summed E-state index contributed by atoms with van der Waals surface area (Å²) < 4.78 is 18.1. The summed E-state index contributed by atoms with van der Waals surface area (Å²) in [5.74, 6) is -0.00457. The Hall–Kier alpha value is -3.30. The second kappa shape index (κ2) is 7.51. The van der Waals surface area contributed by atoms with E-state index in [4.69, 9.17) is 11.6 Å². The summed E-state index contributed by atoms with van der Waals surface area (Å²) in [6.45, 7) is 0. The number of aromatic nitrogens is 7. The van der Waals surface area contributed by atoms with Crippen LogP contribution in [0.5, 0.6) is 0 Å². The van der Waals surface area contributed by atoms with Crippen LogP contribution in [-0.4, -0.2) is 34.3 Å². The van der Waals surface area contributed by atoms with E-state index in [9.17, 15) is 4.39 Å². The van der Waals surface area contributed by atoms with Gasteiger partial charge in [0.25, 0.3) is 0 Å². The second-order valence-corrected chi connectivity index (χ2v) is 7.80. The predicted octanol–water partition coefficient (Wildman–Crippen LogP) is 4.55. The molecule has 0 radical (unpaired) electrons. The third-order valence-electron chi connectivity index (χ3n) is 4.48. The molecule has 0 aliphatic rings. The van der Waals surface area contributed by atoms with Gasteiger partial charge in [0.2, 0.25) is 5.16 Å². The van der Waals surface area contributed by atoms with Gasteiger partial charge in [-0.2, -0.15) is 0 Å². The Morgan fingerprint density at radius 1 is 0.967 bits per heavy atom. The predicted molar refractivity (Wildman–Crippen MR) is 112 cm³/mol. The average Bonchev–Trinajstić information content (AvgIpc) is 3.34. The van der Waals surface area contributed by atoms with Crippen LogP contribution in [0.3, 0.4) is 0 Å². The first-order valence-corrected chi connectivity index (χ1v) is 10.1. The molecule has 3 heterocycles. The molecule has 0 spiro atoms. The minimum atomic E-state index is -0.384. The van der Waals surface area contributed by atoms with Crippen molar-refractivity contribution < 1.29 is 4.39 Å². The van der Waals surface area contributed by atoms with Crippen LogP contribution in [0.2, 0.25) is 5.02 Å². The van der Waals surface area contributed by atoms with Gasteiger partial charge in [0.15, 0.2) is 11.5 Å². The van der Waals surface area contributed by atoms with Crippen LogP contribution in [0.25, 0.3) is 28.2 Å². The Bertz CT molecular complexity index is 1360. The van der Waals surface area contributed by atoms with Crippen molar-refractivity contribution in [3.05, 3.63) is 72.0 Å². The summed E-state index contributed by atoms with van der Waals surface area (Å²) in [6.07, 6.45) is 3.16. The Kier molecular flexibility index (Phi) is 4.68. The molecule has 2 aromatic carbocycles. The summed E-state index contributed by atoms with van der Waals surface area (Å²) >= 11 is 7.34. The van der Waals surface area contributed by atoms with Crippen LogP contribution in [-0.2, 0) is 7.05 Å². The molecule has 0 aliphatic heterocycles. The fourth-order valence-electron chi connectivity index (χ4n) is 3.06. The van der Waals surface area contributed by atoms with Crippen LogP contribution in [0.15, 0.2) is 71.4 Å². The first-order valence-electron chi connectivity index (χ1n) is 8.88. The number of benzene rings is 2. The maximum absolute atomic E-state index is 14.5. The molecule has 0 aliphatic carbocycles. The fourth-order valence-corrected chi connectivity index (χ4v) is 4.07. The van der Waals surface area contributed by atoms with Crippen molar-refractivity contribution in [3.8, 4) is 17.1 Å².